The van der Waals surface area contributed by atoms with Gasteiger partial charge in [0.25, 0.3) is 0 Å². The summed E-state index contributed by atoms with van der Waals surface area (Å²) in [7, 11) is 1.66. The Morgan fingerprint density at radius 3 is 3.07 bits per heavy atom. The molecule has 1 N–H and O–H groups in total. The predicted molar refractivity (Wildman–Crippen MR) is 51.4 cm³/mol. The zero-order valence-electron chi connectivity index (χ0n) is 7.98. The molecule has 0 aliphatic heterocycles. The summed E-state index contributed by atoms with van der Waals surface area (Å²) in [5.74, 6) is 0.142. The lowest BCUT2D eigenvalue weighted by molar-refractivity contribution is -0.112. The van der Waals surface area contributed by atoms with Gasteiger partial charge in [-0.3, -0.25) is 9.48 Å². The van der Waals surface area contributed by atoms with E-state index < -0.39 is 0 Å². The van der Waals surface area contributed by atoms with Gasteiger partial charge < -0.3 is 5.32 Å². The predicted octanol–water partition coefficient (Wildman–Crippen LogP) is 0.806. The Hall–Kier alpha value is -2.09. The third kappa shape index (κ3) is 1.98. The highest BCUT2D eigenvalue weighted by atomic mass is 16.1. The number of carbonyl (C=O) groups is 1. The molecular weight excluding hydrogens is 180 g/mol. The van der Waals surface area contributed by atoms with Crippen LogP contribution in [0.3, 0.4) is 0 Å². The first-order valence-corrected chi connectivity index (χ1v) is 4.04. The van der Waals surface area contributed by atoms with E-state index >= 15 is 0 Å². The minimum Gasteiger partial charge on any atom is -0.306 e. The van der Waals surface area contributed by atoms with Gasteiger partial charge in [0.05, 0.1) is 6.20 Å². The second-order valence-corrected chi connectivity index (χ2v) is 2.63. The highest BCUT2D eigenvalue weighted by molar-refractivity contribution is 5.99. The van der Waals surface area contributed by atoms with E-state index in [1.165, 1.54) is 17.0 Å². The van der Waals surface area contributed by atoms with Crippen molar-refractivity contribution >= 4 is 11.7 Å². The Kier molecular flexibility index (Phi) is 3.02. The molecule has 0 radical (unpaired) electrons. The molecule has 0 atom stereocenters. The number of nitrogens with one attached hydrogen (secondary N) is 1. The molecule has 1 heterocycles. The summed E-state index contributed by atoms with van der Waals surface area (Å²) in [6.45, 7) is 1.74. The zero-order valence-corrected chi connectivity index (χ0v) is 7.98. The number of hydrogen-bond donors (Lipinski definition) is 1. The summed E-state index contributed by atoms with van der Waals surface area (Å²) in [5, 5.41) is 15.1. The van der Waals surface area contributed by atoms with E-state index in [9.17, 15) is 4.79 Å². The van der Waals surface area contributed by atoms with Gasteiger partial charge in [-0.25, -0.2) is 0 Å². The topological polar surface area (TPSA) is 70.7 Å². The Balaban J connectivity index is 2.91. The van der Waals surface area contributed by atoms with E-state index in [-0.39, 0.29) is 5.91 Å². The number of carbonyl (C=O) groups excluding carboxylic acids is 1. The Labute approximate surface area is 81.6 Å². The first-order valence-electron chi connectivity index (χ1n) is 4.04. The lowest BCUT2D eigenvalue weighted by Gasteiger charge is -2.02. The van der Waals surface area contributed by atoms with Crippen LogP contribution < -0.4 is 5.32 Å². The Morgan fingerprint density at radius 1 is 1.79 bits per heavy atom. The molecule has 1 aromatic rings. The fourth-order valence-corrected chi connectivity index (χ4v) is 0.977. The summed E-state index contributed by atoms with van der Waals surface area (Å²) < 4.78 is 1.44. The largest absolute Gasteiger partial charge is 0.306 e. The first kappa shape index (κ1) is 9.99. The molecule has 1 rings (SSSR count). The number of rotatable bonds is 2. The van der Waals surface area contributed by atoms with E-state index in [0.717, 1.165) is 0 Å². The maximum absolute atomic E-state index is 11.2. The minimum atomic E-state index is -0.271. The summed E-state index contributed by atoms with van der Waals surface area (Å²) >= 11 is 0. The van der Waals surface area contributed by atoms with Crippen molar-refractivity contribution in [3.8, 4) is 6.07 Å². The molecular formula is C9H10N4O. The van der Waals surface area contributed by atoms with Gasteiger partial charge in [0.2, 0.25) is 5.91 Å². The third-order valence-corrected chi connectivity index (χ3v) is 1.62. The molecule has 5 heteroatoms. The van der Waals surface area contributed by atoms with Gasteiger partial charge in [0.1, 0.15) is 17.5 Å². The van der Waals surface area contributed by atoms with Gasteiger partial charge in [-0.15, -0.1) is 0 Å². The number of amides is 1. The number of hydrogen-bond acceptors (Lipinski definition) is 3. The molecule has 0 bridgehead atoms. The van der Waals surface area contributed by atoms with E-state index in [0.29, 0.717) is 11.4 Å². The molecule has 72 valence electrons. The molecule has 0 aliphatic rings. The molecule has 5 nitrogen and oxygen atoms in total. The third-order valence-electron chi connectivity index (χ3n) is 1.62. The van der Waals surface area contributed by atoms with Crippen LogP contribution in [0.4, 0.5) is 5.82 Å². The quantitative estimate of drug-likeness (QED) is 0.701. The van der Waals surface area contributed by atoms with Gasteiger partial charge in [-0.1, -0.05) is 6.08 Å². The Morgan fingerprint density at radius 2 is 2.50 bits per heavy atom. The SMILES string of the molecule is C/C=C/C(=O)Nc1c(C#N)cnn1C. The second kappa shape index (κ2) is 4.23. The summed E-state index contributed by atoms with van der Waals surface area (Å²) in [6.07, 6.45) is 4.41. The van der Waals surface area contributed by atoms with E-state index in [1.54, 1.807) is 20.0 Å². The molecule has 1 amide bonds. The highest BCUT2D eigenvalue weighted by Gasteiger charge is 2.09. The van der Waals surface area contributed by atoms with Crippen LogP contribution in [-0.2, 0) is 11.8 Å². The van der Waals surface area contributed by atoms with Crippen molar-refractivity contribution < 1.29 is 4.79 Å². The van der Waals surface area contributed by atoms with Crippen LogP contribution in [0.1, 0.15) is 12.5 Å². The van der Waals surface area contributed by atoms with Gasteiger partial charge in [-0.05, 0) is 13.0 Å². The minimum absolute atomic E-state index is 0.271. The van der Waals surface area contributed by atoms with E-state index in [4.69, 9.17) is 5.26 Å². The van der Waals surface area contributed by atoms with Gasteiger partial charge >= 0.3 is 0 Å². The van der Waals surface area contributed by atoms with Crippen LogP contribution in [0.15, 0.2) is 18.3 Å². The molecule has 0 spiro atoms. The number of aryl methyl sites for hydroxylation is 1. The van der Waals surface area contributed by atoms with Crippen LogP contribution in [0.5, 0.6) is 0 Å². The molecule has 0 saturated carbocycles. The second-order valence-electron chi connectivity index (χ2n) is 2.63. The molecule has 0 fully saturated rings. The maximum Gasteiger partial charge on any atom is 0.249 e. The van der Waals surface area contributed by atoms with E-state index in [1.807, 2.05) is 6.07 Å². The molecule has 1 aromatic heterocycles. The van der Waals surface area contributed by atoms with Crippen molar-refractivity contribution in [2.75, 3.05) is 5.32 Å². The van der Waals surface area contributed by atoms with Crippen LogP contribution in [0.25, 0.3) is 0 Å². The van der Waals surface area contributed by atoms with Crippen molar-refractivity contribution in [2.24, 2.45) is 7.05 Å². The molecule has 0 saturated heterocycles. The van der Waals surface area contributed by atoms with E-state index in [2.05, 4.69) is 10.4 Å². The normalized spacial score (nSPS) is 10.1. The maximum atomic E-state index is 11.2. The van der Waals surface area contributed by atoms with Gasteiger partial charge in [0.15, 0.2) is 0 Å². The van der Waals surface area contributed by atoms with Gasteiger partial charge in [0, 0.05) is 7.05 Å². The van der Waals surface area contributed by atoms with Crippen molar-refractivity contribution in [3.05, 3.63) is 23.9 Å². The highest BCUT2D eigenvalue weighted by Crippen LogP contribution is 2.11. The van der Waals surface area contributed by atoms with Gasteiger partial charge in [-0.2, -0.15) is 10.4 Å². The Bertz CT molecular complexity index is 411. The fourth-order valence-electron chi connectivity index (χ4n) is 0.977. The van der Waals surface area contributed by atoms with Crippen molar-refractivity contribution in [1.82, 2.24) is 9.78 Å². The number of allylic oxidation sites excluding steroid dienone is 1. The summed E-state index contributed by atoms with van der Waals surface area (Å²) in [5.41, 5.74) is 0.352. The number of nitriles is 1. The van der Waals surface area contributed by atoms with Crippen molar-refractivity contribution in [1.29, 1.82) is 5.26 Å². The number of anilines is 1. The van der Waals surface area contributed by atoms with Crippen LogP contribution in [-0.4, -0.2) is 15.7 Å². The van der Waals surface area contributed by atoms with Crippen molar-refractivity contribution in [3.63, 3.8) is 0 Å². The van der Waals surface area contributed by atoms with Crippen LogP contribution >= 0.6 is 0 Å². The molecule has 14 heavy (non-hydrogen) atoms. The summed E-state index contributed by atoms with van der Waals surface area (Å²) in [4.78, 5) is 11.2. The first-order chi connectivity index (χ1) is 6.69. The van der Waals surface area contributed by atoms with Crippen molar-refractivity contribution in [2.45, 2.75) is 6.92 Å². The average molecular weight is 190 g/mol. The standard InChI is InChI=1S/C9H10N4O/c1-3-4-8(14)12-9-7(5-10)6-11-13(9)2/h3-4,6H,1-2H3,(H,12,14)/b4-3+. The monoisotopic (exact) mass is 190 g/mol. The summed E-state index contributed by atoms with van der Waals surface area (Å²) in [6, 6.07) is 1.94. The smallest absolute Gasteiger partial charge is 0.249 e. The molecule has 0 aromatic carbocycles. The molecule has 0 unspecified atom stereocenters. The number of nitrogens with zero attached hydrogens (tertiary/aromatic N) is 3. The van der Waals surface area contributed by atoms with Crippen LogP contribution in [0.2, 0.25) is 0 Å². The van der Waals surface area contributed by atoms with Crippen LogP contribution in [0, 0.1) is 11.3 Å². The average Bonchev–Trinajstić information content (AvgIpc) is 2.48. The molecule has 0 aliphatic carbocycles. The number of aromatic nitrogens is 2. The fraction of sp³-hybridized carbons (Fsp3) is 0.222. The lowest BCUT2D eigenvalue weighted by atomic mass is 10.3. The lowest BCUT2D eigenvalue weighted by Crippen LogP contribution is -2.12. The zero-order chi connectivity index (χ0) is 10.6.